The minimum atomic E-state index is -1.35. The summed E-state index contributed by atoms with van der Waals surface area (Å²) >= 11 is 0. The summed E-state index contributed by atoms with van der Waals surface area (Å²) in [6.07, 6.45) is 0. The largest absolute Gasteiger partial charge is 0.481 e. The number of nitriles is 1. The molecule has 0 heterocycles. The van der Waals surface area contributed by atoms with Gasteiger partial charge in [-0.3, -0.25) is 9.00 Å². The molecule has 0 bridgehead atoms. The third kappa shape index (κ3) is 3.93. The molecule has 6 heteroatoms. The Bertz CT molecular complexity index is 525. The molecule has 0 aliphatic carbocycles. The molecule has 1 rings (SSSR count). The topological polar surface area (TPSA) is 78.2 Å². The zero-order valence-electron chi connectivity index (χ0n) is 9.72. The van der Waals surface area contributed by atoms with Crippen LogP contribution in [0.15, 0.2) is 18.2 Å². The third-order valence-corrected chi connectivity index (χ3v) is 3.86. The van der Waals surface area contributed by atoms with E-state index in [0.29, 0.717) is 5.56 Å². The second-order valence-corrected chi connectivity index (χ2v) is 5.42. The maximum absolute atomic E-state index is 13.0. The third-order valence-electron chi connectivity index (χ3n) is 2.34. The SMILES string of the molecule is CC(CS(=O)Cc1ccc(F)c(C#N)c1)C(=O)O. The van der Waals surface area contributed by atoms with Crippen LogP contribution >= 0.6 is 0 Å². The van der Waals surface area contributed by atoms with Crippen molar-refractivity contribution in [2.75, 3.05) is 5.75 Å². The molecular weight excluding hydrogens is 257 g/mol. The summed E-state index contributed by atoms with van der Waals surface area (Å²) in [6, 6.07) is 5.62. The van der Waals surface area contributed by atoms with Crippen LogP contribution in [-0.2, 0) is 21.3 Å². The van der Waals surface area contributed by atoms with E-state index in [9.17, 15) is 13.4 Å². The predicted molar refractivity (Wildman–Crippen MR) is 64.6 cm³/mol. The number of carbonyl (C=O) groups is 1. The van der Waals surface area contributed by atoms with Gasteiger partial charge in [0, 0.05) is 22.3 Å². The number of benzene rings is 1. The first-order valence-corrected chi connectivity index (χ1v) is 6.69. The van der Waals surface area contributed by atoms with Crippen LogP contribution in [-0.4, -0.2) is 21.0 Å². The fourth-order valence-electron chi connectivity index (χ4n) is 1.34. The van der Waals surface area contributed by atoms with Gasteiger partial charge in [0.05, 0.1) is 11.5 Å². The molecule has 0 amide bonds. The van der Waals surface area contributed by atoms with Crippen molar-refractivity contribution >= 4 is 16.8 Å². The molecular formula is C12H12FNO3S. The van der Waals surface area contributed by atoms with Crippen molar-refractivity contribution in [1.82, 2.24) is 0 Å². The number of aliphatic carboxylic acids is 1. The zero-order valence-corrected chi connectivity index (χ0v) is 10.5. The van der Waals surface area contributed by atoms with E-state index < -0.39 is 28.5 Å². The summed E-state index contributed by atoms with van der Waals surface area (Å²) in [5.74, 6) is -2.16. The van der Waals surface area contributed by atoms with Gasteiger partial charge in [0.1, 0.15) is 11.9 Å². The van der Waals surface area contributed by atoms with E-state index in [-0.39, 0.29) is 17.1 Å². The van der Waals surface area contributed by atoms with Crippen molar-refractivity contribution in [3.05, 3.63) is 35.1 Å². The van der Waals surface area contributed by atoms with E-state index in [1.807, 2.05) is 0 Å². The van der Waals surface area contributed by atoms with Crippen molar-refractivity contribution in [3.8, 4) is 6.07 Å². The highest BCUT2D eigenvalue weighted by Crippen LogP contribution is 2.12. The Balaban J connectivity index is 2.71. The number of halogens is 1. The maximum atomic E-state index is 13.0. The Hall–Kier alpha value is -1.74. The average Bonchev–Trinajstić information content (AvgIpc) is 2.31. The summed E-state index contributed by atoms with van der Waals surface area (Å²) in [5, 5.41) is 17.3. The predicted octanol–water partition coefficient (Wildman–Crippen LogP) is 1.67. The molecule has 18 heavy (non-hydrogen) atoms. The quantitative estimate of drug-likeness (QED) is 0.881. The highest BCUT2D eigenvalue weighted by atomic mass is 32.2. The first-order valence-electron chi connectivity index (χ1n) is 5.20. The molecule has 0 saturated heterocycles. The lowest BCUT2D eigenvalue weighted by atomic mass is 10.1. The molecule has 2 unspecified atom stereocenters. The molecule has 1 aromatic rings. The Morgan fingerprint density at radius 1 is 1.61 bits per heavy atom. The number of carboxylic acid groups (broad SMARTS) is 1. The molecule has 2 atom stereocenters. The fourth-order valence-corrected chi connectivity index (χ4v) is 2.71. The zero-order chi connectivity index (χ0) is 13.7. The summed E-state index contributed by atoms with van der Waals surface area (Å²) in [6.45, 7) is 1.48. The van der Waals surface area contributed by atoms with Gasteiger partial charge >= 0.3 is 5.97 Å². The van der Waals surface area contributed by atoms with Crippen LogP contribution in [0.25, 0.3) is 0 Å². The van der Waals surface area contributed by atoms with Crippen molar-refractivity contribution in [2.45, 2.75) is 12.7 Å². The van der Waals surface area contributed by atoms with Gasteiger partial charge in [-0.1, -0.05) is 13.0 Å². The molecule has 0 spiro atoms. The Kier molecular flexibility index (Phi) is 4.98. The van der Waals surface area contributed by atoms with E-state index in [1.54, 1.807) is 6.07 Å². The van der Waals surface area contributed by atoms with Crippen LogP contribution in [0.4, 0.5) is 4.39 Å². The summed E-state index contributed by atoms with van der Waals surface area (Å²) in [4.78, 5) is 10.6. The van der Waals surface area contributed by atoms with Crippen molar-refractivity contribution in [3.63, 3.8) is 0 Å². The molecule has 0 saturated carbocycles. The Morgan fingerprint density at radius 2 is 2.28 bits per heavy atom. The number of nitrogens with zero attached hydrogens (tertiary/aromatic N) is 1. The van der Waals surface area contributed by atoms with Gasteiger partial charge in [0.25, 0.3) is 0 Å². The van der Waals surface area contributed by atoms with E-state index >= 15 is 0 Å². The van der Waals surface area contributed by atoms with Gasteiger partial charge < -0.3 is 5.11 Å². The van der Waals surface area contributed by atoms with Crippen molar-refractivity contribution in [1.29, 1.82) is 5.26 Å². The van der Waals surface area contributed by atoms with Crippen LogP contribution in [0.1, 0.15) is 18.1 Å². The molecule has 4 nitrogen and oxygen atoms in total. The van der Waals surface area contributed by atoms with Gasteiger partial charge in [-0.05, 0) is 17.7 Å². The second-order valence-electron chi connectivity index (χ2n) is 3.92. The van der Waals surface area contributed by atoms with Crippen molar-refractivity contribution < 1.29 is 18.5 Å². The average molecular weight is 269 g/mol. The van der Waals surface area contributed by atoms with E-state index in [2.05, 4.69) is 0 Å². The highest BCUT2D eigenvalue weighted by molar-refractivity contribution is 7.84. The first kappa shape index (κ1) is 14.3. The van der Waals surface area contributed by atoms with Crippen LogP contribution in [0.3, 0.4) is 0 Å². The number of hydrogen-bond donors (Lipinski definition) is 1. The summed E-state index contributed by atoms with van der Waals surface area (Å²) < 4.78 is 24.7. The van der Waals surface area contributed by atoms with Crippen LogP contribution in [0.5, 0.6) is 0 Å². The molecule has 1 aromatic carbocycles. The van der Waals surface area contributed by atoms with Gasteiger partial charge in [-0.15, -0.1) is 0 Å². The number of rotatable bonds is 5. The normalized spacial score (nSPS) is 13.6. The van der Waals surface area contributed by atoms with Crippen LogP contribution in [0.2, 0.25) is 0 Å². The second kappa shape index (κ2) is 6.26. The smallest absolute Gasteiger partial charge is 0.307 e. The lowest BCUT2D eigenvalue weighted by Crippen LogP contribution is -2.18. The van der Waals surface area contributed by atoms with Crippen LogP contribution in [0, 0.1) is 23.1 Å². The fraction of sp³-hybridized carbons (Fsp3) is 0.333. The lowest BCUT2D eigenvalue weighted by Gasteiger charge is -2.06. The van der Waals surface area contributed by atoms with Gasteiger partial charge in [-0.25, -0.2) is 4.39 Å². The highest BCUT2D eigenvalue weighted by Gasteiger charge is 2.15. The van der Waals surface area contributed by atoms with E-state index in [0.717, 1.165) is 6.07 Å². The number of carboxylic acids is 1. The van der Waals surface area contributed by atoms with E-state index in [1.165, 1.54) is 19.1 Å². The lowest BCUT2D eigenvalue weighted by molar-refractivity contribution is -0.140. The van der Waals surface area contributed by atoms with E-state index in [4.69, 9.17) is 10.4 Å². The standard InChI is InChI=1S/C12H12FNO3S/c1-8(12(15)16)6-18(17)7-9-2-3-11(13)10(4-9)5-14/h2-4,8H,6-7H2,1H3,(H,15,16). The Labute approximate surface area is 107 Å². The molecule has 96 valence electrons. The monoisotopic (exact) mass is 269 g/mol. The summed E-state index contributed by atoms with van der Waals surface area (Å²) in [7, 11) is -1.35. The van der Waals surface area contributed by atoms with Crippen molar-refractivity contribution in [2.24, 2.45) is 5.92 Å². The Morgan fingerprint density at radius 3 is 2.83 bits per heavy atom. The molecule has 0 aliphatic heterocycles. The van der Waals surface area contributed by atoms with Gasteiger partial charge in [-0.2, -0.15) is 5.26 Å². The molecule has 1 N–H and O–H groups in total. The minimum Gasteiger partial charge on any atom is -0.481 e. The molecule has 0 fully saturated rings. The van der Waals surface area contributed by atoms with Gasteiger partial charge in [0.2, 0.25) is 0 Å². The summed E-state index contributed by atoms with van der Waals surface area (Å²) in [5.41, 5.74) is 0.458. The van der Waals surface area contributed by atoms with Crippen LogP contribution < -0.4 is 0 Å². The molecule has 0 aliphatic rings. The first-order chi connectivity index (χ1) is 8.43. The van der Waals surface area contributed by atoms with Gasteiger partial charge in [0.15, 0.2) is 0 Å². The molecule has 0 aromatic heterocycles. The minimum absolute atomic E-state index is 0.0363. The molecule has 0 radical (unpaired) electrons. The maximum Gasteiger partial charge on any atom is 0.307 e. The number of hydrogen-bond acceptors (Lipinski definition) is 3.